The van der Waals surface area contributed by atoms with Crippen LogP contribution in [0.15, 0.2) is 0 Å². The molecule has 1 heterocycles. The van der Waals surface area contributed by atoms with Crippen LogP contribution in [-0.4, -0.2) is 20.9 Å². The summed E-state index contributed by atoms with van der Waals surface area (Å²) in [7, 11) is 0. The summed E-state index contributed by atoms with van der Waals surface area (Å²) in [5.41, 5.74) is 0. The summed E-state index contributed by atoms with van der Waals surface area (Å²) in [5.74, 6) is 0.281. The van der Waals surface area contributed by atoms with E-state index in [4.69, 9.17) is 0 Å². The third-order valence-electron chi connectivity index (χ3n) is 1.81. The molecule has 0 aliphatic carbocycles. The molecule has 1 atom stereocenters. The van der Waals surface area contributed by atoms with E-state index in [1.54, 1.807) is 0 Å². The molecule has 1 aromatic rings. The van der Waals surface area contributed by atoms with E-state index >= 15 is 0 Å². The molecule has 0 bridgehead atoms. The van der Waals surface area contributed by atoms with E-state index in [2.05, 4.69) is 31.4 Å². The molecule has 1 N–H and O–H groups in total. The van der Waals surface area contributed by atoms with Crippen molar-refractivity contribution in [2.24, 2.45) is 0 Å². The molecule has 0 fully saturated rings. The molecule has 0 spiro atoms. The normalized spacial score (nSPS) is 12.9. The van der Waals surface area contributed by atoms with Gasteiger partial charge in [0.15, 0.2) is 0 Å². The van der Waals surface area contributed by atoms with Gasteiger partial charge in [-0.2, -0.15) is 0 Å². The van der Waals surface area contributed by atoms with Crippen molar-refractivity contribution in [3.05, 3.63) is 5.01 Å². The van der Waals surface area contributed by atoms with Crippen molar-refractivity contribution >= 4 is 38.3 Å². The predicted octanol–water partition coefficient (Wildman–Crippen LogP) is 2.77. The Labute approximate surface area is 102 Å². The lowest BCUT2D eigenvalue weighted by Gasteiger charge is -2.04. The molecule has 0 aliphatic rings. The topological polar surface area (TPSA) is 54.9 Å². The average Bonchev–Trinajstić information content (AvgIpc) is 2.65. The maximum atomic E-state index is 11.5. The largest absolute Gasteiger partial charge is 0.300 e. The zero-order valence-corrected chi connectivity index (χ0v) is 11.4. The number of hydrogen-bond acceptors (Lipinski definition) is 4. The summed E-state index contributed by atoms with van der Waals surface area (Å²) in [4.78, 5) is 11.3. The Bertz CT molecular complexity index is 340. The number of amides is 1. The molecule has 0 saturated carbocycles. The van der Waals surface area contributed by atoms with Gasteiger partial charge in [0.1, 0.15) is 5.01 Å². The summed E-state index contributed by atoms with van der Waals surface area (Å²) < 4.78 is 0. The monoisotopic (exact) mass is 291 g/mol. The molecule has 0 radical (unpaired) electrons. The van der Waals surface area contributed by atoms with Gasteiger partial charge in [-0.3, -0.25) is 10.1 Å². The van der Waals surface area contributed by atoms with Crippen LogP contribution in [0.25, 0.3) is 0 Å². The minimum atomic E-state index is -0.163. The molecule has 1 aromatic heterocycles. The Kier molecular flexibility index (Phi) is 4.66. The number of nitrogens with one attached hydrogen (secondary N) is 1. The number of anilines is 1. The number of carbonyl (C=O) groups excluding carboxylic acids is 1. The molecule has 0 aromatic carbocycles. The van der Waals surface area contributed by atoms with E-state index < -0.39 is 0 Å². The Hall–Kier alpha value is -0.490. The van der Waals surface area contributed by atoms with Crippen molar-refractivity contribution < 1.29 is 4.79 Å². The lowest BCUT2D eigenvalue weighted by molar-refractivity contribution is -0.115. The molecular weight excluding hydrogens is 278 g/mol. The molecule has 15 heavy (non-hydrogen) atoms. The zero-order chi connectivity index (χ0) is 11.4. The van der Waals surface area contributed by atoms with Crippen LogP contribution < -0.4 is 5.32 Å². The van der Waals surface area contributed by atoms with Crippen molar-refractivity contribution in [1.82, 2.24) is 10.2 Å². The van der Waals surface area contributed by atoms with E-state index in [1.165, 1.54) is 11.3 Å². The van der Waals surface area contributed by atoms with Gasteiger partial charge in [0, 0.05) is 5.92 Å². The lowest BCUT2D eigenvalue weighted by Crippen LogP contribution is -2.21. The van der Waals surface area contributed by atoms with Crippen LogP contribution in [0, 0.1) is 0 Å². The first kappa shape index (κ1) is 12.6. The smallest absolute Gasteiger partial charge is 0.239 e. The molecule has 0 aliphatic heterocycles. The Morgan fingerprint density at radius 3 is 2.67 bits per heavy atom. The van der Waals surface area contributed by atoms with E-state index in [9.17, 15) is 4.79 Å². The summed E-state index contributed by atoms with van der Waals surface area (Å²) in [5, 5.41) is 12.1. The van der Waals surface area contributed by atoms with Crippen LogP contribution in [0.1, 0.15) is 38.1 Å². The summed E-state index contributed by atoms with van der Waals surface area (Å²) in [6.07, 6.45) is 0.752. The maximum absolute atomic E-state index is 11.5. The molecule has 4 nitrogen and oxygen atoms in total. The minimum Gasteiger partial charge on any atom is -0.300 e. The first-order valence-corrected chi connectivity index (χ1v) is 6.56. The fourth-order valence-electron chi connectivity index (χ4n) is 0.887. The van der Waals surface area contributed by atoms with Crippen LogP contribution >= 0.6 is 27.3 Å². The number of halogens is 1. The molecule has 84 valence electrons. The first-order chi connectivity index (χ1) is 7.04. The van der Waals surface area contributed by atoms with E-state index in [-0.39, 0.29) is 10.7 Å². The number of rotatable bonds is 4. The number of carbonyl (C=O) groups is 1. The summed E-state index contributed by atoms with van der Waals surface area (Å²) in [6, 6.07) is 0. The summed E-state index contributed by atoms with van der Waals surface area (Å²) >= 11 is 4.70. The zero-order valence-electron chi connectivity index (χ0n) is 8.95. The third kappa shape index (κ3) is 3.53. The van der Waals surface area contributed by atoms with Crippen LogP contribution in [-0.2, 0) is 4.79 Å². The van der Waals surface area contributed by atoms with Crippen molar-refractivity contribution in [2.45, 2.75) is 37.9 Å². The fourth-order valence-corrected chi connectivity index (χ4v) is 1.75. The van der Waals surface area contributed by atoms with Crippen LogP contribution in [0.3, 0.4) is 0 Å². The molecule has 6 heteroatoms. The van der Waals surface area contributed by atoms with Gasteiger partial charge in [-0.05, 0) is 6.42 Å². The van der Waals surface area contributed by atoms with Gasteiger partial charge in [0.05, 0.1) is 4.83 Å². The highest BCUT2D eigenvalue weighted by molar-refractivity contribution is 9.10. The molecule has 0 unspecified atom stereocenters. The van der Waals surface area contributed by atoms with Crippen molar-refractivity contribution in [3.63, 3.8) is 0 Å². The number of hydrogen-bond donors (Lipinski definition) is 1. The van der Waals surface area contributed by atoms with E-state index in [0.29, 0.717) is 11.0 Å². The van der Waals surface area contributed by atoms with Gasteiger partial charge in [0.25, 0.3) is 0 Å². The van der Waals surface area contributed by atoms with E-state index in [1.807, 2.05) is 20.8 Å². The standard InChI is InChI=1S/C9H14BrN3OS/c1-4-6(10)7(14)11-9-13-12-8(15-9)5(2)3/h5-6H,4H2,1-3H3,(H,11,13,14)/t6-/m0/s1. The van der Waals surface area contributed by atoms with Gasteiger partial charge in [-0.25, -0.2) is 0 Å². The fraction of sp³-hybridized carbons (Fsp3) is 0.667. The van der Waals surface area contributed by atoms with Crippen LogP contribution in [0.5, 0.6) is 0 Å². The van der Waals surface area contributed by atoms with Gasteiger partial charge in [-0.1, -0.05) is 48.0 Å². The van der Waals surface area contributed by atoms with Crippen LogP contribution in [0.2, 0.25) is 0 Å². The Morgan fingerprint density at radius 2 is 2.20 bits per heavy atom. The Balaban J connectivity index is 2.61. The SMILES string of the molecule is CC[C@H](Br)C(=O)Nc1nnc(C(C)C)s1. The number of nitrogens with zero attached hydrogens (tertiary/aromatic N) is 2. The third-order valence-corrected chi connectivity index (χ3v) is 4.01. The summed E-state index contributed by atoms with van der Waals surface area (Å²) in [6.45, 7) is 6.04. The minimum absolute atomic E-state index is 0.0658. The second kappa shape index (κ2) is 5.55. The average molecular weight is 292 g/mol. The second-order valence-electron chi connectivity index (χ2n) is 3.47. The predicted molar refractivity (Wildman–Crippen MR) is 65.6 cm³/mol. The molecule has 0 saturated heterocycles. The van der Waals surface area contributed by atoms with Gasteiger partial charge < -0.3 is 0 Å². The first-order valence-electron chi connectivity index (χ1n) is 4.83. The van der Waals surface area contributed by atoms with Crippen molar-refractivity contribution in [2.75, 3.05) is 5.32 Å². The highest BCUT2D eigenvalue weighted by Gasteiger charge is 2.15. The van der Waals surface area contributed by atoms with Gasteiger partial charge in [-0.15, -0.1) is 10.2 Å². The molecule has 1 amide bonds. The highest BCUT2D eigenvalue weighted by atomic mass is 79.9. The van der Waals surface area contributed by atoms with Crippen LogP contribution in [0.4, 0.5) is 5.13 Å². The number of aromatic nitrogens is 2. The molecular formula is C9H14BrN3OS. The van der Waals surface area contributed by atoms with Crippen molar-refractivity contribution in [1.29, 1.82) is 0 Å². The lowest BCUT2D eigenvalue weighted by atomic mass is 10.2. The number of alkyl halides is 1. The van der Waals surface area contributed by atoms with Crippen molar-refractivity contribution in [3.8, 4) is 0 Å². The van der Waals surface area contributed by atoms with E-state index in [0.717, 1.165) is 11.4 Å². The Morgan fingerprint density at radius 1 is 1.53 bits per heavy atom. The molecule has 1 rings (SSSR count). The van der Waals surface area contributed by atoms with Gasteiger partial charge >= 0.3 is 0 Å². The second-order valence-corrected chi connectivity index (χ2v) is 5.58. The quantitative estimate of drug-likeness (QED) is 0.868. The highest BCUT2D eigenvalue weighted by Crippen LogP contribution is 2.22. The van der Waals surface area contributed by atoms with Gasteiger partial charge in [0.2, 0.25) is 11.0 Å². The maximum Gasteiger partial charge on any atom is 0.239 e.